The Kier molecular flexibility index (Phi) is 7.78. The first kappa shape index (κ1) is 23.9. The van der Waals surface area contributed by atoms with Crippen LogP contribution >= 0.6 is 7.36 Å². The van der Waals surface area contributed by atoms with E-state index in [1.54, 1.807) is 12.1 Å². The van der Waals surface area contributed by atoms with E-state index in [0.717, 1.165) is 31.6 Å². The highest BCUT2D eigenvalue weighted by Crippen LogP contribution is 2.65. The van der Waals surface area contributed by atoms with Crippen LogP contribution in [-0.2, 0) is 9.47 Å². The predicted octanol–water partition coefficient (Wildman–Crippen LogP) is 3.77. The number of likely N-dealkylation sites (tertiary alicyclic amines) is 1. The van der Waals surface area contributed by atoms with Crippen LogP contribution in [0.5, 0.6) is 0 Å². The highest BCUT2D eigenvalue weighted by molar-refractivity contribution is 7.66. The zero-order chi connectivity index (χ0) is 23.3. The third-order valence-electron chi connectivity index (χ3n) is 6.41. The SMILES string of the molecule is C/C(=C(/C#N)P(=Nc1ccc([N+](=O)[O-])cc1)(N1CCOCC1)N1CCOCC1)N1CCCC1. The summed E-state index contributed by atoms with van der Waals surface area (Å²) in [6.07, 6.45) is 2.24. The number of hydrogen-bond acceptors (Lipinski definition) is 7. The molecule has 0 aromatic heterocycles. The summed E-state index contributed by atoms with van der Waals surface area (Å²) in [5, 5.41) is 22.5. The summed E-state index contributed by atoms with van der Waals surface area (Å²) < 4.78 is 21.3. The Bertz CT molecular complexity index is 950. The lowest BCUT2D eigenvalue weighted by atomic mass is 10.3. The van der Waals surface area contributed by atoms with Crippen molar-refractivity contribution in [1.82, 2.24) is 14.2 Å². The molecule has 0 N–H and O–H groups in total. The van der Waals surface area contributed by atoms with Crippen molar-refractivity contribution in [3.63, 3.8) is 0 Å². The molecule has 0 spiro atoms. The third-order valence-corrected chi connectivity index (χ3v) is 10.3. The molecule has 4 rings (SSSR count). The monoisotopic (exact) mass is 474 g/mol. The van der Waals surface area contributed by atoms with Gasteiger partial charge in [-0.25, -0.2) is 14.1 Å². The topological polar surface area (TPSA) is 107 Å². The highest BCUT2D eigenvalue weighted by atomic mass is 31.2. The van der Waals surface area contributed by atoms with Crippen LogP contribution < -0.4 is 0 Å². The van der Waals surface area contributed by atoms with Gasteiger partial charge in [0, 0.05) is 57.1 Å². The lowest BCUT2D eigenvalue weighted by Gasteiger charge is -2.47. The van der Waals surface area contributed by atoms with Crippen LogP contribution in [0.15, 0.2) is 40.0 Å². The van der Waals surface area contributed by atoms with Gasteiger partial charge < -0.3 is 14.4 Å². The molecule has 33 heavy (non-hydrogen) atoms. The maximum absolute atomic E-state index is 11.2. The summed E-state index contributed by atoms with van der Waals surface area (Å²) in [6.45, 7) is 9.01. The second-order valence-corrected chi connectivity index (χ2v) is 11.2. The van der Waals surface area contributed by atoms with Gasteiger partial charge in [0.2, 0.25) is 0 Å². The summed E-state index contributed by atoms with van der Waals surface area (Å²) in [4.78, 5) is 13.1. The molecule has 3 aliphatic heterocycles. The number of rotatable bonds is 6. The Morgan fingerprint density at radius 2 is 1.52 bits per heavy atom. The lowest BCUT2D eigenvalue weighted by molar-refractivity contribution is -0.384. The fraction of sp³-hybridized carbons (Fsp3) is 0.591. The Morgan fingerprint density at radius 1 is 1.00 bits per heavy atom. The molecule has 3 fully saturated rings. The van der Waals surface area contributed by atoms with Gasteiger partial charge in [0.25, 0.3) is 5.69 Å². The molecule has 11 heteroatoms. The average molecular weight is 475 g/mol. The van der Waals surface area contributed by atoms with Crippen molar-refractivity contribution >= 4 is 18.7 Å². The Balaban J connectivity index is 1.94. The number of benzene rings is 1. The van der Waals surface area contributed by atoms with Crippen LogP contribution in [0, 0.1) is 21.4 Å². The molecule has 1 aromatic rings. The first-order valence-corrected chi connectivity index (χ1v) is 13.1. The molecule has 0 radical (unpaired) electrons. The number of nitro groups is 1. The minimum absolute atomic E-state index is 0.0277. The van der Waals surface area contributed by atoms with E-state index in [0.29, 0.717) is 63.6 Å². The predicted molar refractivity (Wildman–Crippen MR) is 126 cm³/mol. The molecule has 0 bridgehead atoms. The summed E-state index contributed by atoms with van der Waals surface area (Å²) in [6, 6.07) is 8.92. The molecular formula is C22H31N6O4P. The van der Waals surface area contributed by atoms with Gasteiger partial charge in [-0.05, 0) is 31.9 Å². The molecule has 10 nitrogen and oxygen atoms in total. The second kappa shape index (κ2) is 10.8. The van der Waals surface area contributed by atoms with E-state index in [1.807, 2.05) is 6.92 Å². The fourth-order valence-corrected chi connectivity index (χ4v) is 8.56. The van der Waals surface area contributed by atoms with Gasteiger partial charge >= 0.3 is 0 Å². The quantitative estimate of drug-likeness (QED) is 0.265. The normalized spacial score (nSPS) is 21.4. The third kappa shape index (κ3) is 4.98. The van der Waals surface area contributed by atoms with Crippen LogP contribution in [0.1, 0.15) is 19.8 Å². The van der Waals surface area contributed by atoms with Gasteiger partial charge in [-0.2, -0.15) is 5.26 Å². The van der Waals surface area contributed by atoms with Crippen molar-refractivity contribution in [3.05, 3.63) is 45.4 Å². The largest absolute Gasteiger partial charge is 0.379 e. The van der Waals surface area contributed by atoms with E-state index in [-0.39, 0.29) is 5.69 Å². The summed E-state index contributed by atoms with van der Waals surface area (Å²) in [5.74, 6) is 0. The molecule has 1 aromatic carbocycles. The van der Waals surface area contributed by atoms with E-state index in [9.17, 15) is 15.4 Å². The number of ether oxygens (including phenoxy) is 2. The van der Waals surface area contributed by atoms with Gasteiger partial charge in [0.1, 0.15) is 18.7 Å². The molecule has 3 saturated heterocycles. The molecule has 178 valence electrons. The van der Waals surface area contributed by atoms with Crippen molar-refractivity contribution in [2.45, 2.75) is 19.8 Å². The lowest BCUT2D eigenvalue weighted by Crippen LogP contribution is -2.44. The molecular weight excluding hydrogens is 443 g/mol. The van der Waals surface area contributed by atoms with E-state index >= 15 is 0 Å². The standard InChI is InChI=1S/C22H31N6O4P/c1-19(25-8-2-3-9-25)22(18-23)33(26-10-14-31-15-11-26,27-12-16-32-17-13-27)24-20-4-6-21(7-5-20)28(29)30/h4-7H,2-3,8-17H2,1H3/b22-19+. The number of allylic oxidation sites excluding steroid dienone is 2. The fourth-order valence-electron chi connectivity index (χ4n) is 4.67. The summed E-state index contributed by atoms with van der Waals surface area (Å²) >= 11 is 0. The second-order valence-electron chi connectivity index (χ2n) is 8.31. The Labute approximate surface area is 194 Å². The van der Waals surface area contributed by atoms with Crippen molar-refractivity contribution < 1.29 is 14.4 Å². The number of non-ortho nitro benzene ring substituents is 1. The van der Waals surface area contributed by atoms with Crippen LogP contribution in [0.25, 0.3) is 0 Å². The Morgan fingerprint density at radius 3 is 1.97 bits per heavy atom. The van der Waals surface area contributed by atoms with E-state index in [4.69, 9.17) is 14.2 Å². The van der Waals surface area contributed by atoms with Crippen LogP contribution in [-0.4, -0.2) is 84.9 Å². The van der Waals surface area contributed by atoms with E-state index < -0.39 is 12.3 Å². The van der Waals surface area contributed by atoms with Crippen molar-refractivity contribution in [1.29, 1.82) is 5.26 Å². The summed E-state index contributed by atoms with van der Waals surface area (Å²) in [5.41, 5.74) is 1.67. The Hall–Kier alpha value is -2.28. The number of nitro benzene ring substituents is 1. The minimum atomic E-state index is -2.69. The molecule has 3 heterocycles. The molecule has 3 aliphatic rings. The van der Waals surface area contributed by atoms with Gasteiger partial charge in [0.15, 0.2) is 0 Å². The average Bonchev–Trinajstić information content (AvgIpc) is 3.40. The van der Waals surface area contributed by atoms with Crippen LogP contribution in [0.4, 0.5) is 11.4 Å². The van der Waals surface area contributed by atoms with E-state index in [1.165, 1.54) is 12.1 Å². The van der Waals surface area contributed by atoms with Crippen LogP contribution in [0.3, 0.4) is 0 Å². The van der Waals surface area contributed by atoms with Gasteiger partial charge in [-0.3, -0.25) is 10.1 Å². The first-order valence-electron chi connectivity index (χ1n) is 11.5. The van der Waals surface area contributed by atoms with Crippen LogP contribution in [0.2, 0.25) is 0 Å². The minimum Gasteiger partial charge on any atom is -0.379 e. The maximum Gasteiger partial charge on any atom is 0.269 e. The molecule has 0 atom stereocenters. The number of nitrogens with zero attached hydrogens (tertiary/aromatic N) is 6. The van der Waals surface area contributed by atoms with Crippen molar-refractivity contribution in [3.8, 4) is 6.07 Å². The first-order chi connectivity index (χ1) is 16.1. The van der Waals surface area contributed by atoms with Gasteiger partial charge in [-0.1, -0.05) is 0 Å². The molecule has 0 amide bonds. The van der Waals surface area contributed by atoms with Gasteiger partial charge in [-0.15, -0.1) is 0 Å². The maximum atomic E-state index is 11.2. The molecule has 0 unspecified atom stereocenters. The zero-order valence-electron chi connectivity index (χ0n) is 19.1. The van der Waals surface area contributed by atoms with Gasteiger partial charge in [0.05, 0.1) is 37.0 Å². The number of morpholine rings is 2. The van der Waals surface area contributed by atoms with E-state index in [2.05, 4.69) is 20.3 Å². The summed E-state index contributed by atoms with van der Waals surface area (Å²) in [7, 11) is -2.69. The van der Waals surface area contributed by atoms with Crippen molar-refractivity contribution in [2.24, 2.45) is 4.74 Å². The molecule has 0 saturated carbocycles. The van der Waals surface area contributed by atoms with Crippen molar-refractivity contribution in [2.75, 3.05) is 65.7 Å². The highest BCUT2D eigenvalue weighted by Gasteiger charge is 2.42. The zero-order valence-corrected chi connectivity index (χ0v) is 20.0. The molecule has 0 aliphatic carbocycles. The number of hydrogen-bond donors (Lipinski definition) is 0. The smallest absolute Gasteiger partial charge is 0.269 e. The number of nitriles is 1.